The molecular weight excluding hydrogens is 210 g/mol. The Labute approximate surface area is 92.1 Å². The van der Waals surface area contributed by atoms with Gasteiger partial charge in [-0.15, -0.1) is 0 Å². The summed E-state index contributed by atoms with van der Waals surface area (Å²) in [5, 5.41) is 13.1. The molecule has 0 fully saturated rings. The van der Waals surface area contributed by atoms with Crippen LogP contribution >= 0.6 is 0 Å². The van der Waals surface area contributed by atoms with Gasteiger partial charge >= 0.3 is 0 Å². The van der Waals surface area contributed by atoms with Gasteiger partial charge in [0.05, 0.1) is 17.9 Å². The lowest BCUT2D eigenvalue weighted by Gasteiger charge is -2.08. The van der Waals surface area contributed by atoms with E-state index in [1.165, 1.54) is 0 Å². The fourth-order valence-corrected chi connectivity index (χ4v) is 1.30. The van der Waals surface area contributed by atoms with Gasteiger partial charge in [0.15, 0.2) is 0 Å². The Balaban J connectivity index is 2.30. The lowest BCUT2D eigenvalue weighted by atomic mass is 10.2. The van der Waals surface area contributed by atoms with Gasteiger partial charge in [-0.05, 0) is 19.9 Å². The van der Waals surface area contributed by atoms with E-state index in [-0.39, 0.29) is 5.89 Å². The summed E-state index contributed by atoms with van der Waals surface area (Å²) >= 11 is 0. The van der Waals surface area contributed by atoms with Crippen molar-refractivity contribution in [3.05, 3.63) is 24.0 Å². The zero-order valence-electron chi connectivity index (χ0n) is 9.04. The second-order valence-corrected chi connectivity index (χ2v) is 3.61. The topological polar surface area (TPSA) is 98.3 Å². The van der Waals surface area contributed by atoms with E-state index in [0.717, 1.165) is 5.56 Å². The second-order valence-electron chi connectivity index (χ2n) is 3.61. The van der Waals surface area contributed by atoms with Crippen molar-refractivity contribution in [1.82, 2.24) is 10.1 Å². The van der Waals surface area contributed by atoms with Crippen molar-refractivity contribution >= 4 is 0 Å². The normalized spacial score (nSPS) is 15.0. The highest BCUT2D eigenvalue weighted by Crippen LogP contribution is 2.22. The number of nitrogens with zero attached hydrogens (tertiary/aromatic N) is 2. The van der Waals surface area contributed by atoms with E-state index in [9.17, 15) is 5.11 Å². The average Bonchev–Trinajstić information content (AvgIpc) is 2.84. The minimum atomic E-state index is -0.737. The summed E-state index contributed by atoms with van der Waals surface area (Å²) in [5.74, 6) is 1.33. The highest BCUT2D eigenvalue weighted by molar-refractivity contribution is 5.56. The van der Waals surface area contributed by atoms with E-state index in [2.05, 4.69) is 10.1 Å². The monoisotopic (exact) mass is 223 g/mol. The van der Waals surface area contributed by atoms with E-state index in [4.69, 9.17) is 14.7 Å². The van der Waals surface area contributed by atoms with E-state index in [1.807, 2.05) is 0 Å². The number of aliphatic hydroxyl groups is 1. The molecule has 0 aliphatic heterocycles. The molecule has 0 saturated carbocycles. The molecule has 16 heavy (non-hydrogen) atoms. The first-order valence-electron chi connectivity index (χ1n) is 4.91. The van der Waals surface area contributed by atoms with Crippen LogP contribution in [0.2, 0.25) is 0 Å². The maximum absolute atomic E-state index is 9.30. The predicted molar refractivity (Wildman–Crippen MR) is 55.3 cm³/mol. The highest BCUT2D eigenvalue weighted by Gasteiger charge is 2.20. The Morgan fingerprint density at radius 2 is 2.25 bits per heavy atom. The molecule has 0 aliphatic rings. The van der Waals surface area contributed by atoms with Gasteiger partial charge in [-0.1, -0.05) is 5.16 Å². The molecule has 2 rings (SSSR count). The number of hydrogen-bond acceptors (Lipinski definition) is 6. The molecule has 0 unspecified atom stereocenters. The molecule has 86 valence electrons. The van der Waals surface area contributed by atoms with Crippen LogP contribution in [-0.4, -0.2) is 21.4 Å². The number of rotatable bonds is 3. The molecule has 0 spiro atoms. The van der Waals surface area contributed by atoms with Crippen molar-refractivity contribution in [1.29, 1.82) is 0 Å². The number of aryl methyl sites for hydroxylation is 1. The first kappa shape index (κ1) is 10.8. The predicted octanol–water partition coefficient (Wildman–Crippen LogP) is 1.02. The fraction of sp³-hybridized carbons (Fsp3) is 0.400. The van der Waals surface area contributed by atoms with Crippen molar-refractivity contribution in [2.24, 2.45) is 5.73 Å². The Morgan fingerprint density at radius 3 is 2.81 bits per heavy atom. The smallest absolute Gasteiger partial charge is 0.246 e. The number of furan rings is 1. The molecule has 6 heteroatoms. The summed E-state index contributed by atoms with van der Waals surface area (Å²) in [5.41, 5.74) is 6.43. The van der Waals surface area contributed by atoms with E-state index >= 15 is 0 Å². The summed E-state index contributed by atoms with van der Waals surface area (Å²) in [7, 11) is 0. The minimum absolute atomic E-state index is 0.214. The van der Waals surface area contributed by atoms with Crippen LogP contribution in [0.5, 0.6) is 0 Å². The molecule has 2 aromatic rings. The van der Waals surface area contributed by atoms with Gasteiger partial charge in [-0.25, -0.2) is 0 Å². The lowest BCUT2D eigenvalue weighted by molar-refractivity contribution is 0.146. The largest absolute Gasteiger partial charge is 0.469 e. The summed E-state index contributed by atoms with van der Waals surface area (Å²) in [6.45, 7) is 3.37. The molecule has 6 nitrogen and oxygen atoms in total. The highest BCUT2D eigenvalue weighted by atomic mass is 16.5. The van der Waals surface area contributed by atoms with Crippen molar-refractivity contribution in [3.8, 4) is 11.4 Å². The van der Waals surface area contributed by atoms with Crippen molar-refractivity contribution in [3.63, 3.8) is 0 Å². The zero-order valence-corrected chi connectivity index (χ0v) is 9.04. The van der Waals surface area contributed by atoms with Crippen molar-refractivity contribution in [2.75, 3.05) is 0 Å². The lowest BCUT2D eigenvalue weighted by Crippen LogP contribution is -2.23. The third-order valence-corrected chi connectivity index (χ3v) is 2.35. The van der Waals surface area contributed by atoms with Crippen LogP contribution in [-0.2, 0) is 0 Å². The van der Waals surface area contributed by atoms with Crippen LogP contribution in [0.15, 0.2) is 21.3 Å². The van der Waals surface area contributed by atoms with Gasteiger partial charge in [0.1, 0.15) is 11.8 Å². The maximum Gasteiger partial charge on any atom is 0.246 e. The van der Waals surface area contributed by atoms with Gasteiger partial charge in [0.2, 0.25) is 11.7 Å². The first-order chi connectivity index (χ1) is 7.59. The fourth-order valence-electron chi connectivity index (χ4n) is 1.30. The molecule has 0 aliphatic carbocycles. The van der Waals surface area contributed by atoms with Crippen LogP contribution < -0.4 is 5.73 Å². The molecule has 3 N–H and O–H groups in total. The molecule has 2 aromatic heterocycles. The molecule has 2 heterocycles. The Hall–Kier alpha value is -1.66. The quantitative estimate of drug-likeness (QED) is 0.806. The first-order valence-corrected chi connectivity index (χ1v) is 4.91. The average molecular weight is 223 g/mol. The van der Waals surface area contributed by atoms with E-state index in [1.54, 1.807) is 26.2 Å². The number of hydrogen-bond donors (Lipinski definition) is 2. The molecular formula is C10H13N3O3. The third-order valence-electron chi connectivity index (χ3n) is 2.35. The summed E-state index contributed by atoms with van der Waals surface area (Å²) in [6, 6.07) is 1.08. The zero-order chi connectivity index (χ0) is 11.7. The van der Waals surface area contributed by atoms with Crippen LogP contribution in [0.25, 0.3) is 11.4 Å². The Bertz CT molecular complexity index is 475. The van der Waals surface area contributed by atoms with Gasteiger partial charge in [0.25, 0.3) is 0 Å². The van der Waals surface area contributed by atoms with Gasteiger partial charge < -0.3 is 19.8 Å². The van der Waals surface area contributed by atoms with Crippen LogP contribution in [0.3, 0.4) is 0 Å². The van der Waals surface area contributed by atoms with Crippen molar-refractivity contribution in [2.45, 2.75) is 26.0 Å². The molecule has 0 bridgehead atoms. The van der Waals surface area contributed by atoms with Crippen LogP contribution in [0.1, 0.15) is 24.6 Å². The number of nitrogens with two attached hydrogens (primary N) is 1. The molecule has 0 radical (unpaired) electrons. The van der Waals surface area contributed by atoms with Crippen LogP contribution in [0, 0.1) is 6.92 Å². The van der Waals surface area contributed by atoms with Crippen LogP contribution in [0.4, 0.5) is 0 Å². The SMILES string of the molecule is Cc1occc1-c1noc([C@@H](N)[C@@H](C)O)n1. The standard InChI is InChI=1S/C10H13N3O3/c1-5(14)8(11)10-12-9(13-16-10)7-3-4-15-6(7)2/h3-5,8,14H,11H2,1-2H3/t5-,8+/m1/s1. The molecule has 0 amide bonds. The van der Waals surface area contributed by atoms with E-state index in [0.29, 0.717) is 11.6 Å². The minimum Gasteiger partial charge on any atom is -0.469 e. The maximum atomic E-state index is 9.30. The Morgan fingerprint density at radius 1 is 1.50 bits per heavy atom. The third kappa shape index (κ3) is 1.84. The molecule has 2 atom stereocenters. The van der Waals surface area contributed by atoms with Gasteiger partial charge in [-0.3, -0.25) is 0 Å². The number of aliphatic hydroxyl groups excluding tert-OH is 1. The summed E-state index contributed by atoms with van der Waals surface area (Å²) in [6.07, 6.45) is 0.814. The van der Waals surface area contributed by atoms with E-state index < -0.39 is 12.1 Å². The van der Waals surface area contributed by atoms with Gasteiger partial charge in [0, 0.05) is 0 Å². The Kier molecular flexibility index (Phi) is 2.76. The van der Waals surface area contributed by atoms with Crippen molar-refractivity contribution < 1.29 is 14.0 Å². The summed E-state index contributed by atoms with van der Waals surface area (Å²) in [4.78, 5) is 4.11. The summed E-state index contributed by atoms with van der Waals surface area (Å²) < 4.78 is 10.1. The van der Waals surface area contributed by atoms with Gasteiger partial charge in [-0.2, -0.15) is 4.98 Å². The second kappa shape index (κ2) is 4.07. The molecule has 0 aromatic carbocycles. The molecule has 0 saturated heterocycles. The number of aromatic nitrogens is 2.